The highest BCUT2D eigenvalue weighted by atomic mass is 35.5. The fourth-order valence-electron chi connectivity index (χ4n) is 1.20. The van der Waals surface area contributed by atoms with E-state index in [-0.39, 0.29) is 5.91 Å². The first kappa shape index (κ1) is 12.3. The number of amides is 1. The van der Waals surface area contributed by atoms with Gasteiger partial charge in [-0.2, -0.15) is 0 Å². The molecule has 1 amide bonds. The van der Waals surface area contributed by atoms with E-state index in [1.54, 1.807) is 25.1 Å². The number of nitrogens with zero attached hydrogens (tertiary/aromatic N) is 2. The van der Waals surface area contributed by atoms with E-state index in [4.69, 9.17) is 23.2 Å². The second-order valence-electron chi connectivity index (χ2n) is 3.27. The van der Waals surface area contributed by atoms with Gasteiger partial charge >= 0.3 is 0 Å². The van der Waals surface area contributed by atoms with Crippen LogP contribution in [0.2, 0.25) is 10.0 Å². The van der Waals surface area contributed by atoms with Crippen LogP contribution in [0.5, 0.6) is 0 Å². The molecule has 0 spiro atoms. The quantitative estimate of drug-likeness (QED) is 0.921. The number of aromatic nitrogens is 2. The summed E-state index contributed by atoms with van der Waals surface area (Å²) in [5, 5.41) is 7.31. The minimum Gasteiger partial charge on any atom is -0.321 e. The maximum absolute atomic E-state index is 11.8. The number of benzene rings is 1. The van der Waals surface area contributed by atoms with Crippen molar-refractivity contribution in [3.8, 4) is 0 Å². The zero-order valence-electron chi connectivity index (χ0n) is 8.70. The molecule has 1 N–H and O–H groups in total. The molecule has 0 aliphatic carbocycles. The van der Waals surface area contributed by atoms with Crippen molar-refractivity contribution >= 4 is 46.3 Å². The molecule has 1 aromatic heterocycles. The van der Waals surface area contributed by atoms with Gasteiger partial charge in [-0.25, -0.2) is 0 Å². The maximum Gasteiger partial charge on any atom is 0.269 e. The molecule has 7 heteroatoms. The van der Waals surface area contributed by atoms with E-state index in [1.165, 1.54) is 0 Å². The van der Waals surface area contributed by atoms with Crippen molar-refractivity contribution in [1.82, 2.24) is 9.59 Å². The van der Waals surface area contributed by atoms with E-state index in [2.05, 4.69) is 14.9 Å². The SMILES string of the molecule is Cc1nnsc1C(=O)Nc1ccc(Cl)c(Cl)c1. The van der Waals surface area contributed by atoms with Gasteiger partial charge in [-0.1, -0.05) is 27.7 Å². The summed E-state index contributed by atoms with van der Waals surface area (Å²) < 4.78 is 3.70. The third-order valence-electron chi connectivity index (χ3n) is 2.04. The van der Waals surface area contributed by atoms with E-state index < -0.39 is 0 Å². The van der Waals surface area contributed by atoms with Gasteiger partial charge in [-0.3, -0.25) is 4.79 Å². The fourth-order valence-corrected chi connectivity index (χ4v) is 2.05. The Morgan fingerprint density at radius 1 is 1.35 bits per heavy atom. The van der Waals surface area contributed by atoms with E-state index in [0.717, 1.165) is 11.5 Å². The van der Waals surface area contributed by atoms with Crippen LogP contribution >= 0.6 is 34.7 Å². The van der Waals surface area contributed by atoms with E-state index in [0.29, 0.717) is 26.3 Å². The molecule has 0 bridgehead atoms. The smallest absolute Gasteiger partial charge is 0.269 e. The van der Waals surface area contributed by atoms with Crippen LogP contribution in [0.4, 0.5) is 5.69 Å². The number of anilines is 1. The zero-order valence-corrected chi connectivity index (χ0v) is 11.0. The molecule has 4 nitrogen and oxygen atoms in total. The Hall–Kier alpha value is -1.17. The van der Waals surface area contributed by atoms with Crippen molar-refractivity contribution in [1.29, 1.82) is 0 Å². The predicted octanol–water partition coefficient (Wildman–Crippen LogP) is 3.41. The van der Waals surface area contributed by atoms with E-state index in [9.17, 15) is 4.79 Å². The highest BCUT2D eigenvalue weighted by Gasteiger charge is 2.13. The topological polar surface area (TPSA) is 54.9 Å². The second-order valence-corrected chi connectivity index (χ2v) is 4.84. The van der Waals surface area contributed by atoms with Gasteiger partial charge in [-0.15, -0.1) is 5.10 Å². The lowest BCUT2D eigenvalue weighted by Crippen LogP contribution is -2.11. The molecule has 0 aliphatic heterocycles. The normalized spacial score (nSPS) is 10.3. The Morgan fingerprint density at radius 3 is 2.71 bits per heavy atom. The summed E-state index contributed by atoms with van der Waals surface area (Å²) >= 11 is 12.7. The zero-order chi connectivity index (χ0) is 12.4. The van der Waals surface area contributed by atoms with Crippen molar-refractivity contribution in [2.45, 2.75) is 6.92 Å². The first-order valence-electron chi connectivity index (χ1n) is 4.63. The highest BCUT2D eigenvalue weighted by Crippen LogP contribution is 2.25. The third kappa shape index (κ3) is 2.74. The lowest BCUT2D eigenvalue weighted by molar-refractivity contribution is 0.103. The summed E-state index contributed by atoms with van der Waals surface area (Å²) in [6, 6.07) is 4.89. The summed E-state index contributed by atoms with van der Waals surface area (Å²) in [5.74, 6) is -0.254. The molecular weight excluding hydrogens is 281 g/mol. The molecule has 1 heterocycles. The minimum atomic E-state index is -0.254. The third-order valence-corrected chi connectivity index (χ3v) is 3.60. The molecule has 0 radical (unpaired) electrons. The van der Waals surface area contributed by atoms with Gasteiger partial charge < -0.3 is 5.32 Å². The Morgan fingerprint density at radius 2 is 2.12 bits per heavy atom. The molecule has 2 aromatic rings. The molecule has 0 fully saturated rings. The first-order valence-corrected chi connectivity index (χ1v) is 6.16. The number of halogens is 2. The predicted molar refractivity (Wildman–Crippen MR) is 69.1 cm³/mol. The summed E-state index contributed by atoms with van der Waals surface area (Å²) in [6.45, 7) is 1.73. The van der Waals surface area contributed by atoms with Crippen LogP contribution in [0.1, 0.15) is 15.4 Å². The van der Waals surface area contributed by atoms with Crippen LogP contribution in [0.25, 0.3) is 0 Å². The van der Waals surface area contributed by atoms with Crippen LogP contribution in [0, 0.1) is 6.92 Å². The number of aryl methyl sites for hydroxylation is 1. The Bertz CT molecular complexity index is 570. The van der Waals surface area contributed by atoms with Crippen molar-refractivity contribution in [3.05, 3.63) is 38.8 Å². The van der Waals surface area contributed by atoms with Crippen LogP contribution in [-0.2, 0) is 0 Å². The number of nitrogens with one attached hydrogen (secondary N) is 1. The average Bonchev–Trinajstić information content (AvgIpc) is 2.70. The lowest BCUT2D eigenvalue weighted by Gasteiger charge is -2.04. The number of hydrogen-bond acceptors (Lipinski definition) is 4. The molecule has 0 unspecified atom stereocenters. The highest BCUT2D eigenvalue weighted by molar-refractivity contribution is 7.08. The summed E-state index contributed by atoms with van der Waals surface area (Å²) in [4.78, 5) is 12.3. The van der Waals surface area contributed by atoms with Gasteiger partial charge in [0.2, 0.25) is 0 Å². The van der Waals surface area contributed by atoms with Crippen molar-refractivity contribution in [3.63, 3.8) is 0 Å². The van der Waals surface area contributed by atoms with E-state index in [1.807, 2.05) is 0 Å². The lowest BCUT2D eigenvalue weighted by atomic mass is 10.3. The molecule has 0 aliphatic rings. The molecule has 88 valence electrons. The molecule has 0 saturated heterocycles. The van der Waals surface area contributed by atoms with Crippen LogP contribution in [-0.4, -0.2) is 15.5 Å². The van der Waals surface area contributed by atoms with Crippen molar-refractivity contribution in [2.24, 2.45) is 0 Å². The first-order chi connectivity index (χ1) is 8.08. The summed E-state index contributed by atoms with van der Waals surface area (Å²) in [5.41, 5.74) is 1.18. The summed E-state index contributed by atoms with van der Waals surface area (Å²) in [6.07, 6.45) is 0. The maximum atomic E-state index is 11.8. The second kappa shape index (κ2) is 5.00. The largest absolute Gasteiger partial charge is 0.321 e. The number of carbonyl (C=O) groups excluding carboxylic acids is 1. The molecular formula is C10H7Cl2N3OS. The van der Waals surface area contributed by atoms with Gasteiger partial charge in [0, 0.05) is 5.69 Å². The van der Waals surface area contributed by atoms with Crippen molar-refractivity contribution in [2.75, 3.05) is 5.32 Å². The van der Waals surface area contributed by atoms with Crippen LogP contribution in [0.3, 0.4) is 0 Å². The minimum absolute atomic E-state index is 0.254. The Balaban J connectivity index is 2.19. The standard InChI is InChI=1S/C10H7Cl2N3OS/c1-5-9(17-15-14-5)10(16)13-6-2-3-7(11)8(12)4-6/h2-4H,1H3,(H,13,16). The molecule has 17 heavy (non-hydrogen) atoms. The Labute approximate surface area is 112 Å². The number of carbonyl (C=O) groups is 1. The molecule has 1 aromatic carbocycles. The monoisotopic (exact) mass is 287 g/mol. The van der Waals surface area contributed by atoms with Crippen molar-refractivity contribution < 1.29 is 4.79 Å². The van der Waals surface area contributed by atoms with Gasteiger partial charge in [-0.05, 0) is 36.7 Å². The summed E-state index contributed by atoms with van der Waals surface area (Å²) in [7, 11) is 0. The Kier molecular flexibility index (Phi) is 3.61. The molecule has 0 atom stereocenters. The number of hydrogen-bond donors (Lipinski definition) is 1. The van der Waals surface area contributed by atoms with Gasteiger partial charge in [0.1, 0.15) is 4.88 Å². The van der Waals surface area contributed by atoms with E-state index >= 15 is 0 Å². The molecule has 0 saturated carbocycles. The van der Waals surface area contributed by atoms with Gasteiger partial charge in [0.15, 0.2) is 0 Å². The van der Waals surface area contributed by atoms with Crippen LogP contribution < -0.4 is 5.32 Å². The van der Waals surface area contributed by atoms with Gasteiger partial charge in [0.25, 0.3) is 5.91 Å². The molecule has 2 rings (SSSR count). The van der Waals surface area contributed by atoms with Crippen LogP contribution in [0.15, 0.2) is 18.2 Å². The average molecular weight is 288 g/mol. The van der Waals surface area contributed by atoms with Gasteiger partial charge in [0.05, 0.1) is 15.7 Å². The number of rotatable bonds is 2. The fraction of sp³-hybridized carbons (Fsp3) is 0.100.